The maximum atomic E-state index is 12.5. The number of carbonyl (C=O) groups excluding carboxylic acids is 1. The van der Waals surface area contributed by atoms with Crippen molar-refractivity contribution in [2.24, 2.45) is 0 Å². The molecular weight excluding hydrogens is 414 g/mol. The van der Waals surface area contributed by atoms with Crippen LogP contribution in [0.1, 0.15) is 12.5 Å². The van der Waals surface area contributed by atoms with Crippen molar-refractivity contribution in [1.29, 1.82) is 0 Å². The van der Waals surface area contributed by atoms with Gasteiger partial charge in [-0.25, -0.2) is 14.5 Å². The van der Waals surface area contributed by atoms with Gasteiger partial charge in [-0.05, 0) is 43.7 Å². The molecule has 0 bridgehead atoms. The van der Waals surface area contributed by atoms with E-state index in [1.165, 1.54) is 22.3 Å². The second-order valence-electron chi connectivity index (χ2n) is 6.75. The highest BCUT2D eigenvalue weighted by molar-refractivity contribution is 7.99. The van der Waals surface area contributed by atoms with Crippen LogP contribution in [0.4, 0.5) is 5.69 Å². The molecule has 8 nitrogen and oxygen atoms in total. The number of anilines is 1. The number of H-pyrrole nitrogens is 1. The van der Waals surface area contributed by atoms with Crippen LogP contribution in [0.2, 0.25) is 0 Å². The van der Waals surface area contributed by atoms with Crippen LogP contribution in [0.25, 0.3) is 17.0 Å². The zero-order valence-electron chi connectivity index (χ0n) is 17.1. The van der Waals surface area contributed by atoms with Gasteiger partial charge < -0.3 is 10.1 Å². The molecule has 0 unspecified atom stereocenters. The summed E-state index contributed by atoms with van der Waals surface area (Å²) in [6, 6.07) is 16.4. The molecule has 1 amide bonds. The van der Waals surface area contributed by atoms with Gasteiger partial charge >= 0.3 is 0 Å². The smallest absolute Gasteiger partial charge is 0.266 e. The lowest BCUT2D eigenvalue weighted by molar-refractivity contribution is -0.113. The lowest BCUT2D eigenvalue weighted by Gasteiger charge is -2.09. The van der Waals surface area contributed by atoms with Gasteiger partial charge in [0.2, 0.25) is 5.91 Å². The van der Waals surface area contributed by atoms with E-state index in [0.29, 0.717) is 28.9 Å². The van der Waals surface area contributed by atoms with Crippen molar-refractivity contribution in [2.45, 2.75) is 19.0 Å². The van der Waals surface area contributed by atoms with E-state index < -0.39 is 0 Å². The molecule has 0 saturated heterocycles. The zero-order valence-corrected chi connectivity index (χ0v) is 17.9. The minimum atomic E-state index is -0.281. The Labute approximate surface area is 182 Å². The van der Waals surface area contributed by atoms with E-state index >= 15 is 0 Å². The average Bonchev–Trinajstić information content (AvgIpc) is 3.14. The van der Waals surface area contributed by atoms with Gasteiger partial charge in [0, 0.05) is 17.3 Å². The first-order valence-electron chi connectivity index (χ1n) is 9.75. The van der Waals surface area contributed by atoms with E-state index in [1.54, 1.807) is 24.3 Å². The summed E-state index contributed by atoms with van der Waals surface area (Å²) in [5, 5.41) is 6.01. The fourth-order valence-electron chi connectivity index (χ4n) is 3.05. The van der Waals surface area contributed by atoms with E-state index in [4.69, 9.17) is 4.74 Å². The Morgan fingerprint density at radius 1 is 1.16 bits per heavy atom. The summed E-state index contributed by atoms with van der Waals surface area (Å²) in [4.78, 5) is 33.4. The largest absolute Gasteiger partial charge is 0.494 e. The number of nitrogens with one attached hydrogen (secondary N) is 2. The summed E-state index contributed by atoms with van der Waals surface area (Å²) in [7, 11) is 0. The van der Waals surface area contributed by atoms with Crippen molar-refractivity contribution in [3.63, 3.8) is 0 Å². The first-order chi connectivity index (χ1) is 15.0. The predicted octanol–water partition coefficient (Wildman–Crippen LogP) is 3.52. The molecule has 0 aliphatic rings. The number of aromatic nitrogens is 4. The van der Waals surface area contributed by atoms with E-state index in [9.17, 15) is 9.59 Å². The maximum Gasteiger partial charge on any atom is 0.266 e. The summed E-state index contributed by atoms with van der Waals surface area (Å²) in [5.74, 6) is 1.19. The molecule has 4 aromatic rings. The first kappa shape index (κ1) is 20.7. The number of aromatic amines is 1. The highest BCUT2D eigenvalue weighted by Gasteiger charge is 2.14. The third-order valence-corrected chi connectivity index (χ3v) is 5.43. The molecule has 0 radical (unpaired) electrons. The Morgan fingerprint density at radius 3 is 2.68 bits per heavy atom. The van der Waals surface area contributed by atoms with Gasteiger partial charge in [0.15, 0.2) is 16.6 Å². The van der Waals surface area contributed by atoms with Crippen LogP contribution in [0, 0.1) is 6.92 Å². The summed E-state index contributed by atoms with van der Waals surface area (Å²) in [5.41, 5.74) is 2.75. The van der Waals surface area contributed by atoms with Crippen molar-refractivity contribution in [3.8, 4) is 17.1 Å². The van der Waals surface area contributed by atoms with Gasteiger partial charge in [0.1, 0.15) is 5.75 Å². The van der Waals surface area contributed by atoms with Crippen LogP contribution in [0.15, 0.2) is 64.5 Å². The lowest BCUT2D eigenvalue weighted by Crippen LogP contribution is -2.15. The second-order valence-corrected chi connectivity index (χ2v) is 7.70. The number of carbonyl (C=O) groups is 1. The lowest BCUT2D eigenvalue weighted by atomic mass is 10.1. The van der Waals surface area contributed by atoms with Gasteiger partial charge in [-0.2, -0.15) is 0 Å². The average molecular weight is 436 g/mol. The number of hydrogen-bond acceptors (Lipinski definition) is 6. The number of benzene rings is 2. The second kappa shape index (κ2) is 9.05. The number of amides is 1. The van der Waals surface area contributed by atoms with Gasteiger partial charge in [-0.3, -0.25) is 14.7 Å². The fourth-order valence-corrected chi connectivity index (χ4v) is 3.80. The molecular formula is C22H21N5O3S. The number of thioether (sulfide) groups is 1. The molecule has 31 heavy (non-hydrogen) atoms. The molecule has 2 N–H and O–H groups in total. The molecule has 2 aromatic heterocycles. The Balaban J connectivity index is 1.54. The number of nitrogens with zero attached hydrogens (tertiary/aromatic N) is 3. The SMILES string of the molecule is CCOc1ccc(NC(=O)CSc2nc(-c3ccccc3C)nc3cc(=O)[nH]n23)cc1. The van der Waals surface area contributed by atoms with E-state index in [1.807, 2.05) is 38.1 Å². The van der Waals surface area contributed by atoms with Crippen LogP contribution in [0.3, 0.4) is 0 Å². The molecule has 0 aliphatic carbocycles. The van der Waals surface area contributed by atoms with E-state index in [0.717, 1.165) is 16.9 Å². The third kappa shape index (κ3) is 4.77. The molecule has 2 heterocycles. The first-order valence-corrected chi connectivity index (χ1v) is 10.7. The number of hydrogen-bond donors (Lipinski definition) is 2. The normalized spacial score (nSPS) is 10.9. The van der Waals surface area contributed by atoms with Gasteiger partial charge in [-0.1, -0.05) is 36.0 Å². The molecule has 9 heteroatoms. The van der Waals surface area contributed by atoms with Crippen LogP contribution in [-0.4, -0.2) is 37.8 Å². The molecule has 4 rings (SSSR count). The summed E-state index contributed by atoms with van der Waals surface area (Å²) in [6.45, 7) is 4.48. The molecule has 0 saturated carbocycles. The molecule has 158 valence electrons. The summed E-state index contributed by atoms with van der Waals surface area (Å²) >= 11 is 1.22. The molecule has 0 spiro atoms. The van der Waals surface area contributed by atoms with E-state index in [2.05, 4.69) is 20.4 Å². The van der Waals surface area contributed by atoms with Crippen molar-refractivity contribution in [2.75, 3.05) is 17.7 Å². The number of fused-ring (bicyclic) bond motifs is 1. The minimum absolute atomic E-state index is 0.118. The minimum Gasteiger partial charge on any atom is -0.494 e. The monoisotopic (exact) mass is 435 g/mol. The number of ether oxygens (including phenoxy) is 1. The number of rotatable bonds is 7. The maximum absolute atomic E-state index is 12.5. The summed E-state index contributed by atoms with van der Waals surface area (Å²) < 4.78 is 6.91. The van der Waals surface area contributed by atoms with Gasteiger partial charge in [-0.15, -0.1) is 0 Å². The van der Waals surface area contributed by atoms with Crippen LogP contribution < -0.4 is 15.6 Å². The Morgan fingerprint density at radius 2 is 1.94 bits per heavy atom. The highest BCUT2D eigenvalue weighted by atomic mass is 32.2. The topological polar surface area (TPSA) is 101 Å². The van der Waals surface area contributed by atoms with Crippen molar-refractivity contribution in [3.05, 3.63) is 70.5 Å². The van der Waals surface area contributed by atoms with Gasteiger partial charge in [0.05, 0.1) is 12.4 Å². The van der Waals surface area contributed by atoms with Crippen LogP contribution in [-0.2, 0) is 4.79 Å². The highest BCUT2D eigenvalue weighted by Crippen LogP contribution is 2.24. The Hall–Kier alpha value is -3.59. The summed E-state index contributed by atoms with van der Waals surface area (Å²) in [6.07, 6.45) is 0. The Bertz CT molecular complexity index is 1280. The van der Waals surface area contributed by atoms with Crippen LogP contribution >= 0.6 is 11.8 Å². The Kier molecular flexibility index (Phi) is 6.03. The quantitative estimate of drug-likeness (QED) is 0.431. The zero-order chi connectivity index (χ0) is 21.8. The number of aryl methyl sites for hydroxylation is 1. The molecule has 0 atom stereocenters. The fraction of sp³-hybridized carbons (Fsp3) is 0.182. The van der Waals surface area contributed by atoms with Crippen molar-refractivity contribution in [1.82, 2.24) is 19.6 Å². The van der Waals surface area contributed by atoms with Crippen LogP contribution in [0.5, 0.6) is 5.75 Å². The molecule has 0 fully saturated rings. The predicted molar refractivity (Wildman–Crippen MR) is 121 cm³/mol. The van der Waals surface area contributed by atoms with Crippen molar-refractivity contribution < 1.29 is 9.53 Å². The van der Waals surface area contributed by atoms with E-state index in [-0.39, 0.29) is 17.2 Å². The molecule has 2 aromatic carbocycles. The standard InChI is InChI=1S/C22H21N5O3S/c1-3-30-16-10-8-15(9-11-16)23-20(29)13-31-22-25-21(17-7-5-4-6-14(17)2)24-18-12-19(28)26-27(18)22/h4-12H,3,13H2,1-2H3,(H,23,29)(H,26,28). The van der Waals surface area contributed by atoms with Gasteiger partial charge in [0.25, 0.3) is 5.56 Å². The molecule has 0 aliphatic heterocycles. The van der Waals surface area contributed by atoms with Crippen molar-refractivity contribution >= 4 is 29.0 Å². The third-order valence-electron chi connectivity index (χ3n) is 4.49.